The van der Waals surface area contributed by atoms with Crippen molar-refractivity contribution in [2.75, 3.05) is 0 Å². The van der Waals surface area contributed by atoms with E-state index in [9.17, 15) is 0 Å². The minimum atomic E-state index is -0.415. The molecule has 4 rings (SSSR count). The molecule has 6 nitrogen and oxygen atoms in total. The Bertz CT molecular complexity index is 821. The first-order valence-corrected chi connectivity index (χ1v) is 7.87. The lowest BCUT2D eigenvalue weighted by Gasteiger charge is -2.34. The number of nitrogens with zero attached hydrogens (tertiary/aromatic N) is 4. The van der Waals surface area contributed by atoms with Gasteiger partial charge in [0.1, 0.15) is 0 Å². The predicted molar refractivity (Wildman–Crippen MR) is 84.3 cm³/mol. The third-order valence-electron chi connectivity index (χ3n) is 4.02. The lowest BCUT2D eigenvalue weighted by Crippen LogP contribution is -2.44. The van der Waals surface area contributed by atoms with E-state index in [0.29, 0.717) is 11.7 Å². The standard InChI is InChI=1S/C15H14BrN5O/c16-11-3-1-4-12(7-11)21-9-10(8-18-21)13-19-14(20-22-13)15(17)5-2-6-15/h1,3-4,7-9H,2,5-6,17H2. The second-order valence-electron chi connectivity index (χ2n) is 5.59. The molecule has 1 aliphatic rings. The van der Waals surface area contributed by atoms with Crippen LogP contribution in [0.5, 0.6) is 0 Å². The Labute approximate surface area is 135 Å². The highest BCUT2D eigenvalue weighted by Gasteiger charge is 2.39. The monoisotopic (exact) mass is 359 g/mol. The molecule has 1 aromatic carbocycles. The molecule has 2 aromatic heterocycles. The first kappa shape index (κ1) is 13.7. The van der Waals surface area contributed by atoms with Gasteiger partial charge in [-0.1, -0.05) is 27.2 Å². The lowest BCUT2D eigenvalue weighted by molar-refractivity contribution is 0.229. The summed E-state index contributed by atoms with van der Waals surface area (Å²) in [4.78, 5) is 4.43. The number of halogens is 1. The molecule has 1 saturated carbocycles. The molecule has 0 radical (unpaired) electrons. The largest absolute Gasteiger partial charge is 0.334 e. The number of benzene rings is 1. The maximum absolute atomic E-state index is 6.22. The highest BCUT2D eigenvalue weighted by molar-refractivity contribution is 9.10. The van der Waals surface area contributed by atoms with Crippen LogP contribution in [0, 0.1) is 0 Å². The van der Waals surface area contributed by atoms with Crippen LogP contribution in [0.15, 0.2) is 45.7 Å². The Kier molecular flexibility index (Phi) is 3.12. The van der Waals surface area contributed by atoms with Crippen molar-refractivity contribution >= 4 is 15.9 Å². The lowest BCUT2D eigenvalue weighted by atomic mass is 9.77. The Morgan fingerprint density at radius 1 is 1.32 bits per heavy atom. The van der Waals surface area contributed by atoms with Crippen molar-refractivity contribution in [3.8, 4) is 17.1 Å². The number of hydrogen-bond donors (Lipinski definition) is 1. The molecular weight excluding hydrogens is 346 g/mol. The summed E-state index contributed by atoms with van der Waals surface area (Å²) in [6.07, 6.45) is 6.50. The molecule has 0 aliphatic heterocycles. The van der Waals surface area contributed by atoms with Gasteiger partial charge >= 0.3 is 0 Å². The maximum atomic E-state index is 6.22. The first-order chi connectivity index (χ1) is 10.6. The summed E-state index contributed by atoms with van der Waals surface area (Å²) >= 11 is 3.45. The van der Waals surface area contributed by atoms with E-state index in [4.69, 9.17) is 10.3 Å². The van der Waals surface area contributed by atoms with Gasteiger partial charge in [0.15, 0.2) is 5.82 Å². The number of nitrogens with two attached hydrogens (primary N) is 1. The van der Waals surface area contributed by atoms with Gasteiger partial charge in [-0.05, 0) is 37.5 Å². The molecule has 1 aliphatic carbocycles. The molecule has 2 N–H and O–H groups in total. The molecule has 2 heterocycles. The summed E-state index contributed by atoms with van der Waals surface area (Å²) in [7, 11) is 0. The summed E-state index contributed by atoms with van der Waals surface area (Å²) in [6, 6.07) is 7.89. The number of hydrogen-bond acceptors (Lipinski definition) is 5. The normalized spacial score (nSPS) is 16.5. The molecule has 7 heteroatoms. The Morgan fingerprint density at radius 3 is 2.91 bits per heavy atom. The van der Waals surface area contributed by atoms with Crippen LogP contribution in [0.3, 0.4) is 0 Å². The average Bonchev–Trinajstić information content (AvgIpc) is 3.14. The summed E-state index contributed by atoms with van der Waals surface area (Å²) in [6.45, 7) is 0. The van der Waals surface area contributed by atoms with E-state index in [2.05, 4.69) is 31.2 Å². The molecule has 22 heavy (non-hydrogen) atoms. The SMILES string of the molecule is NC1(c2noc(-c3cnn(-c4cccc(Br)c4)c3)n2)CCC1. The zero-order valence-corrected chi connectivity index (χ0v) is 13.3. The fourth-order valence-electron chi connectivity index (χ4n) is 2.52. The minimum Gasteiger partial charge on any atom is -0.334 e. The van der Waals surface area contributed by atoms with Crippen molar-refractivity contribution in [3.63, 3.8) is 0 Å². The summed E-state index contributed by atoms with van der Waals surface area (Å²) in [5, 5.41) is 8.37. The van der Waals surface area contributed by atoms with Gasteiger partial charge in [0.25, 0.3) is 5.89 Å². The first-order valence-electron chi connectivity index (χ1n) is 7.08. The van der Waals surface area contributed by atoms with E-state index < -0.39 is 5.54 Å². The van der Waals surface area contributed by atoms with Crippen molar-refractivity contribution < 1.29 is 4.52 Å². The van der Waals surface area contributed by atoms with E-state index >= 15 is 0 Å². The van der Waals surface area contributed by atoms with E-state index in [1.807, 2.05) is 30.5 Å². The Hall–Kier alpha value is -1.99. The van der Waals surface area contributed by atoms with Gasteiger partial charge in [-0.15, -0.1) is 0 Å². The zero-order chi connectivity index (χ0) is 15.2. The fourth-order valence-corrected chi connectivity index (χ4v) is 2.90. The van der Waals surface area contributed by atoms with Crippen molar-refractivity contribution in [3.05, 3.63) is 47.0 Å². The minimum absolute atomic E-state index is 0.415. The van der Waals surface area contributed by atoms with Crippen molar-refractivity contribution in [2.45, 2.75) is 24.8 Å². The molecule has 0 bridgehead atoms. The number of rotatable bonds is 3. The maximum Gasteiger partial charge on any atom is 0.261 e. The highest BCUT2D eigenvalue weighted by Crippen LogP contribution is 2.37. The van der Waals surface area contributed by atoms with Crippen LogP contribution in [0.4, 0.5) is 0 Å². The van der Waals surface area contributed by atoms with Crippen LogP contribution in [-0.4, -0.2) is 19.9 Å². The molecule has 0 spiro atoms. The molecule has 0 amide bonds. The summed E-state index contributed by atoms with van der Waals surface area (Å²) in [5.74, 6) is 1.04. The highest BCUT2D eigenvalue weighted by atomic mass is 79.9. The van der Waals surface area contributed by atoms with Gasteiger partial charge in [-0.3, -0.25) is 0 Å². The van der Waals surface area contributed by atoms with Crippen molar-refractivity contribution in [1.82, 2.24) is 19.9 Å². The topological polar surface area (TPSA) is 82.8 Å². The molecule has 0 atom stereocenters. The fraction of sp³-hybridized carbons (Fsp3) is 0.267. The van der Waals surface area contributed by atoms with Crippen LogP contribution in [0.1, 0.15) is 25.1 Å². The smallest absolute Gasteiger partial charge is 0.261 e. The van der Waals surface area contributed by atoms with Crippen LogP contribution in [0.25, 0.3) is 17.1 Å². The van der Waals surface area contributed by atoms with Crippen LogP contribution in [-0.2, 0) is 5.54 Å². The molecule has 0 saturated heterocycles. The van der Waals surface area contributed by atoms with Gasteiger partial charge in [0.05, 0.1) is 23.0 Å². The molecule has 1 fully saturated rings. The Morgan fingerprint density at radius 2 is 2.18 bits per heavy atom. The van der Waals surface area contributed by atoms with Gasteiger partial charge in [-0.25, -0.2) is 4.68 Å². The third kappa shape index (κ3) is 2.26. The van der Waals surface area contributed by atoms with Crippen molar-refractivity contribution in [1.29, 1.82) is 0 Å². The Balaban J connectivity index is 1.64. The predicted octanol–water partition coefficient (Wildman–Crippen LogP) is 3.02. The molecular formula is C15H14BrN5O. The molecule has 3 aromatic rings. The van der Waals surface area contributed by atoms with Gasteiger partial charge in [0.2, 0.25) is 0 Å². The average molecular weight is 360 g/mol. The summed E-state index contributed by atoms with van der Waals surface area (Å²) in [5.41, 5.74) is 7.54. The van der Waals surface area contributed by atoms with Crippen LogP contribution < -0.4 is 5.73 Å². The zero-order valence-electron chi connectivity index (χ0n) is 11.7. The molecule has 0 unspecified atom stereocenters. The molecule has 112 valence electrons. The van der Waals surface area contributed by atoms with Crippen LogP contribution in [0.2, 0.25) is 0 Å². The van der Waals surface area contributed by atoms with E-state index in [-0.39, 0.29) is 0 Å². The third-order valence-corrected chi connectivity index (χ3v) is 4.51. The second kappa shape index (κ2) is 5.03. The van der Waals surface area contributed by atoms with Gasteiger partial charge in [-0.2, -0.15) is 10.1 Å². The van der Waals surface area contributed by atoms with E-state index in [1.165, 1.54) is 0 Å². The van der Waals surface area contributed by atoms with Gasteiger partial charge in [0, 0.05) is 10.7 Å². The van der Waals surface area contributed by atoms with Crippen LogP contribution >= 0.6 is 15.9 Å². The number of aromatic nitrogens is 4. The summed E-state index contributed by atoms with van der Waals surface area (Å²) < 4.78 is 8.11. The van der Waals surface area contributed by atoms with Crippen molar-refractivity contribution in [2.24, 2.45) is 5.73 Å². The van der Waals surface area contributed by atoms with Gasteiger partial charge < -0.3 is 10.3 Å². The quantitative estimate of drug-likeness (QED) is 0.776. The van der Waals surface area contributed by atoms with E-state index in [1.54, 1.807) is 10.9 Å². The van der Waals surface area contributed by atoms with E-state index in [0.717, 1.165) is 35.0 Å². The second-order valence-corrected chi connectivity index (χ2v) is 6.50.